The van der Waals surface area contributed by atoms with Crippen molar-refractivity contribution in [3.8, 4) is 0 Å². The third kappa shape index (κ3) is 6.74. The van der Waals surface area contributed by atoms with Crippen molar-refractivity contribution in [2.24, 2.45) is 0 Å². The molecule has 0 unspecified atom stereocenters. The standard InChI is InChI=1S/C10H21NS/c1-4-8-12-9-7-11-10(5-2)6-3/h4,10-11H,1,5-9H2,2-3H3. The van der Waals surface area contributed by atoms with Gasteiger partial charge in [-0.3, -0.25) is 0 Å². The Kier molecular flexibility index (Phi) is 9.18. The van der Waals surface area contributed by atoms with Gasteiger partial charge in [0.1, 0.15) is 0 Å². The molecule has 72 valence electrons. The van der Waals surface area contributed by atoms with Gasteiger partial charge in [0.2, 0.25) is 0 Å². The van der Waals surface area contributed by atoms with Gasteiger partial charge in [-0.25, -0.2) is 0 Å². The largest absolute Gasteiger partial charge is 0.313 e. The van der Waals surface area contributed by atoms with E-state index in [1.54, 1.807) is 0 Å². The van der Waals surface area contributed by atoms with E-state index in [1.807, 2.05) is 17.8 Å². The highest BCUT2D eigenvalue weighted by atomic mass is 32.2. The van der Waals surface area contributed by atoms with E-state index in [-0.39, 0.29) is 0 Å². The van der Waals surface area contributed by atoms with Crippen molar-refractivity contribution in [1.82, 2.24) is 5.32 Å². The Morgan fingerprint density at radius 1 is 1.42 bits per heavy atom. The zero-order chi connectivity index (χ0) is 9.23. The number of hydrogen-bond acceptors (Lipinski definition) is 2. The second-order valence-corrected chi connectivity index (χ2v) is 3.98. The molecule has 0 rings (SSSR count). The Labute approximate surface area is 81.0 Å². The Hall–Kier alpha value is 0.0500. The van der Waals surface area contributed by atoms with Crippen LogP contribution in [0, 0.1) is 0 Å². The monoisotopic (exact) mass is 187 g/mol. The summed E-state index contributed by atoms with van der Waals surface area (Å²) < 4.78 is 0. The van der Waals surface area contributed by atoms with Crippen molar-refractivity contribution in [3.63, 3.8) is 0 Å². The lowest BCUT2D eigenvalue weighted by Gasteiger charge is -2.13. The number of nitrogens with one attached hydrogen (secondary N) is 1. The third-order valence-electron chi connectivity index (χ3n) is 1.90. The van der Waals surface area contributed by atoms with Crippen molar-refractivity contribution in [3.05, 3.63) is 12.7 Å². The molecule has 0 aliphatic heterocycles. The van der Waals surface area contributed by atoms with E-state index in [9.17, 15) is 0 Å². The van der Waals surface area contributed by atoms with Gasteiger partial charge in [-0.05, 0) is 12.8 Å². The summed E-state index contributed by atoms with van der Waals surface area (Å²) in [6, 6.07) is 0.717. The predicted molar refractivity (Wildman–Crippen MR) is 59.9 cm³/mol. The first kappa shape index (κ1) is 12.0. The van der Waals surface area contributed by atoms with Gasteiger partial charge < -0.3 is 5.32 Å². The molecule has 0 spiro atoms. The molecule has 0 aliphatic carbocycles. The zero-order valence-corrected chi connectivity index (χ0v) is 9.12. The molecule has 0 saturated heterocycles. The molecule has 0 aliphatic rings. The van der Waals surface area contributed by atoms with E-state index in [0.29, 0.717) is 6.04 Å². The lowest BCUT2D eigenvalue weighted by molar-refractivity contribution is 0.501. The second-order valence-electron chi connectivity index (χ2n) is 2.83. The Morgan fingerprint density at radius 3 is 2.58 bits per heavy atom. The topological polar surface area (TPSA) is 12.0 Å². The number of rotatable bonds is 8. The van der Waals surface area contributed by atoms with Crippen LogP contribution in [0.15, 0.2) is 12.7 Å². The maximum Gasteiger partial charge on any atom is 0.0111 e. The van der Waals surface area contributed by atoms with Crippen LogP contribution in [0.5, 0.6) is 0 Å². The lowest BCUT2D eigenvalue weighted by Crippen LogP contribution is -2.29. The zero-order valence-electron chi connectivity index (χ0n) is 8.31. The fourth-order valence-corrected chi connectivity index (χ4v) is 1.67. The van der Waals surface area contributed by atoms with Crippen molar-refractivity contribution < 1.29 is 0 Å². The molecule has 0 amide bonds. The fraction of sp³-hybridized carbons (Fsp3) is 0.800. The smallest absolute Gasteiger partial charge is 0.0111 e. The summed E-state index contributed by atoms with van der Waals surface area (Å²) in [5.41, 5.74) is 0. The predicted octanol–water partition coefficient (Wildman–Crippen LogP) is 2.68. The number of hydrogen-bond donors (Lipinski definition) is 1. The van der Waals surface area contributed by atoms with Gasteiger partial charge >= 0.3 is 0 Å². The summed E-state index contributed by atoms with van der Waals surface area (Å²) in [6.45, 7) is 9.28. The highest BCUT2D eigenvalue weighted by Gasteiger charge is 1.99. The molecule has 12 heavy (non-hydrogen) atoms. The van der Waals surface area contributed by atoms with Crippen LogP contribution < -0.4 is 5.32 Å². The molecule has 0 radical (unpaired) electrons. The summed E-state index contributed by atoms with van der Waals surface area (Å²) in [5, 5.41) is 3.52. The van der Waals surface area contributed by atoms with Crippen molar-refractivity contribution >= 4 is 11.8 Å². The molecule has 0 atom stereocenters. The Morgan fingerprint density at radius 2 is 2.08 bits per heavy atom. The molecule has 0 heterocycles. The van der Waals surface area contributed by atoms with Gasteiger partial charge in [0.05, 0.1) is 0 Å². The first-order chi connectivity index (χ1) is 5.85. The average molecular weight is 187 g/mol. The van der Waals surface area contributed by atoms with E-state index in [2.05, 4.69) is 25.7 Å². The summed E-state index contributed by atoms with van der Waals surface area (Å²) in [6.07, 6.45) is 4.44. The normalized spacial score (nSPS) is 10.6. The highest BCUT2D eigenvalue weighted by Crippen LogP contribution is 1.99. The molecule has 0 aromatic rings. The van der Waals surface area contributed by atoms with Crippen LogP contribution in [0.3, 0.4) is 0 Å². The van der Waals surface area contributed by atoms with Crippen LogP contribution in [0.1, 0.15) is 26.7 Å². The summed E-state index contributed by atoms with van der Waals surface area (Å²) >= 11 is 1.94. The van der Waals surface area contributed by atoms with E-state index >= 15 is 0 Å². The maximum atomic E-state index is 3.68. The first-order valence-electron chi connectivity index (χ1n) is 4.77. The van der Waals surface area contributed by atoms with Crippen LogP contribution in [-0.2, 0) is 0 Å². The third-order valence-corrected chi connectivity index (χ3v) is 2.86. The minimum absolute atomic E-state index is 0.717. The van der Waals surface area contributed by atoms with Crippen LogP contribution in [-0.4, -0.2) is 24.1 Å². The van der Waals surface area contributed by atoms with Crippen LogP contribution in [0.4, 0.5) is 0 Å². The molecule has 2 heteroatoms. The van der Waals surface area contributed by atoms with E-state index in [4.69, 9.17) is 0 Å². The molecule has 0 saturated carbocycles. The van der Waals surface area contributed by atoms with Gasteiger partial charge in [0, 0.05) is 24.1 Å². The Bertz CT molecular complexity index is 100. The first-order valence-corrected chi connectivity index (χ1v) is 5.92. The summed E-state index contributed by atoms with van der Waals surface area (Å²) in [5.74, 6) is 2.27. The van der Waals surface area contributed by atoms with Crippen molar-refractivity contribution in [2.45, 2.75) is 32.7 Å². The second kappa shape index (κ2) is 9.14. The van der Waals surface area contributed by atoms with E-state index in [1.165, 1.54) is 18.6 Å². The maximum absolute atomic E-state index is 3.68. The van der Waals surface area contributed by atoms with Gasteiger partial charge in [0.25, 0.3) is 0 Å². The van der Waals surface area contributed by atoms with Crippen molar-refractivity contribution in [1.29, 1.82) is 0 Å². The van der Waals surface area contributed by atoms with Gasteiger partial charge in [-0.2, -0.15) is 11.8 Å². The van der Waals surface area contributed by atoms with Gasteiger partial charge in [-0.15, -0.1) is 6.58 Å². The van der Waals surface area contributed by atoms with Gasteiger partial charge in [0.15, 0.2) is 0 Å². The quantitative estimate of drug-likeness (QED) is 0.463. The fourth-order valence-electron chi connectivity index (χ4n) is 1.08. The SMILES string of the molecule is C=CCSCCNC(CC)CC. The minimum Gasteiger partial charge on any atom is -0.313 e. The number of thioether (sulfide) groups is 1. The molecular weight excluding hydrogens is 166 g/mol. The molecule has 1 nitrogen and oxygen atoms in total. The molecule has 0 fully saturated rings. The van der Waals surface area contributed by atoms with Crippen LogP contribution in [0.2, 0.25) is 0 Å². The average Bonchev–Trinajstić information content (AvgIpc) is 2.11. The molecular formula is C10H21NS. The van der Waals surface area contributed by atoms with Crippen molar-refractivity contribution in [2.75, 3.05) is 18.1 Å². The van der Waals surface area contributed by atoms with Crippen LogP contribution >= 0.6 is 11.8 Å². The summed E-state index contributed by atoms with van der Waals surface area (Å²) in [7, 11) is 0. The molecule has 0 bridgehead atoms. The lowest BCUT2D eigenvalue weighted by atomic mass is 10.2. The van der Waals surface area contributed by atoms with Crippen LogP contribution in [0.25, 0.3) is 0 Å². The minimum atomic E-state index is 0.717. The van der Waals surface area contributed by atoms with E-state index < -0.39 is 0 Å². The Balaban J connectivity index is 3.11. The molecule has 1 N–H and O–H groups in total. The van der Waals surface area contributed by atoms with Gasteiger partial charge in [-0.1, -0.05) is 19.9 Å². The summed E-state index contributed by atoms with van der Waals surface area (Å²) in [4.78, 5) is 0. The highest BCUT2D eigenvalue weighted by molar-refractivity contribution is 7.99. The molecule has 0 aromatic carbocycles. The molecule has 0 aromatic heterocycles. The van der Waals surface area contributed by atoms with E-state index in [0.717, 1.165) is 12.3 Å².